The number of allylic oxidation sites excluding steroid dienone is 2. The smallest absolute Gasteiger partial charge is 0.261 e. The Hall–Kier alpha value is -7.83. The minimum Gasteiger partial charge on any atom is -0.548 e. The van der Waals surface area contributed by atoms with Crippen LogP contribution in [0.3, 0.4) is 0 Å². The average molecular weight is 856 g/mol. The number of carbonyl (C=O) groups excluding carboxylic acids is 3. The number of aliphatic carboxylic acids is 1. The first-order chi connectivity index (χ1) is 31.9. The monoisotopic (exact) mass is 855 g/mol. The van der Waals surface area contributed by atoms with Gasteiger partial charge in [0.1, 0.15) is 0 Å². The van der Waals surface area contributed by atoms with Gasteiger partial charge in [-0.2, -0.15) is 0 Å². The highest BCUT2D eigenvalue weighted by molar-refractivity contribution is 6.39. The van der Waals surface area contributed by atoms with Gasteiger partial charge in [0.2, 0.25) is 0 Å². The highest BCUT2D eigenvalue weighted by Crippen LogP contribution is 2.54. The van der Waals surface area contributed by atoms with Gasteiger partial charge < -0.3 is 14.8 Å². The standard InChI is InChI=1S/C60H44N2O4/c1-59(2)49-14-7-5-10-38(49)40-22-20-35(30-51(40)59)62(36-21-23-41-39-11-6-8-15-50(39)60(3,4)52(41)31-36)34-18-16-33(17-19-34)37-24-25-44-46-27-29-48-56-47(57(65)61(58(48)66)32-53(63)64)28-26-45(55(46)56)43-13-9-12-42(37)54(43)44/h5-30,36H,31-32H2,1-4H3,(H,63,64)/p-1. The highest BCUT2D eigenvalue weighted by atomic mass is 16.4. The summed E-state index contributed by atoms with van der Waals surface area (Å²) in [5, 5.41) is 19.1. The van der Waals surface area contributed by atoms with Crippen LogP contribution in [0.1, 0.15) is 77.1 Å². The number of hydrogen-bond acceptors (Lipinski definition) is 5. The number of hydrogen-bond donors (Lipinski definition) is 0. The van der Waals surface area contributed by atoms with E-state index >= 15 is 0 Å². The third-order valence-electron chi connectivity index (χ3n) is 15.5. The van der Waals surface area contributed by atoms with Gasteiger partial charge in [-0.3, -0.25) is 14.5 Å². The van der Waals surface area contributed by atoms with E-state index < -0.39 is 24.3 Å². The molecule has 4 aliphatic rings. The lowest BCUT2D eigenvalue weighted by molar-refractivity contribution is -0.305. The summed E-state index contributed by atoms with van der Waals surface area (Å²) in [7, 11) is 0. The Morgan fingerprint density at radius 2 is 1.12 bits per heavy atom. The molecular formula is C60H43N2O4-. The maximum Gasteiger partial charge on any atom is 0.261 e. The topological polar surface area (TPSA) is 80.8 Å². The van der Waals surface area contributed by atoms with Gasteiger partial charge in [-0.05, 0) is 136 Å². The van der Waals surface area contributed by atoms with Crippen molar-refractivity contribution in [2.45, 2.75) is 51.0 Å². The summed E-state index contributed by atoms with van der Waals surface area (Å²) < 4.78 is 0. The van der Waals surface area contributed by atoms with Crippen LogP contribution < -0.4 is 10.0 Å². The summed E-state index contributed by atoms with van der Waals surface area (Å²) in [6.45, 7) is 8.65. The fraction of sp³-hybridized carbons (Fsp3) is 0.150. The molecule has 0 radical (unpaired) electrons. The van der Waals surface area contributed by atoms with Gasteiger partial charge in [-0.15, -0.1) is 0 Å². The SMILES string of the molecule is CC1(C)C2=C(C=CC(N(c3ccc(-c4ccc5c6ccc7c8c(ccc(c9cccc4c95)c86)C(=O)N(CC(=O)[O-])C7=O)cc3)c3ccc4c(c3)C(C)(C)c3ccccc3-4)C2)c2ccccc21. The van der Waals surface area contributed by atoms with Crippen LogP contribution in [0.4, 0.5) is 11.4 Å². The van der Waals surface area contributed by atoms with Gasteiger partial charge in [0.15, 0.2) is 0 Å². The number of carbonyl (C=O) groups is 3. The van der Waals surface area contributed by atoms with E-state index in [9.17, 15) is 19.5 Å². The molecule has 3 aliphatic carbocycles. The molecule has 2 amide bonds. The molecule has 0 saturated carbocycles. The van der Waals surface area contributed by atoms with Crippen molar-refractivity contribution in [3.63, 3.8) is 0 Å². The molecule has 9 aromatic carbocycles. The summed E-state index contributed by atoms with van der Waals surface area (Å²) in [6, 6.07) is 52.0. The van der Waals surface area contributed by atoms with Gasteiger partial charge in [0.05, 0.1) is 18.6 Å². The number of amides is 2. The van der Waals surface area contributed by atoms with E-state index in [4.69, 9.17) is 0 Å². The van der Waals surface area contributed by atoms with Crippen LogP contribution in [-0.4, -0.2) is 35.3 Å². The van der Waals surface area contributed by atoms with E-state index in [0.29, 0.717) is 16.5 Å². The fourth-order valence-electron chi connectivity index (χ4n) is 12.4. The molecule has 6 heteroatoms. The third-order valence-corrected chi connectivity index (χ3v) is 15.5. The summed E-state index contributed by atoms with van der Waals surface area (Å²) in [5.74, 6) is -2.73. The number of rotatable bonds is 6. The summed E-state index contributed by atoms with van der Waals surface area (Å²) in [5.41, 5.74) is 15.8. The predicted molar refractivity (Wildman–Crippen MR) is 264 cm³/mol. The van der Waals surface area contributed by atoms with Crippen LogP contribution in [-0.2, 0) is 15.6 Å². The van der Waals surface area contributed by atoms with Crippen LogP contribution in [0.25, 0.3) is 70.9 Å². The van der Waals surface area contributed by atoms with E-state index in [2.05, 4.69) is 166 Å². The number of fused-ring (bicyclic) bond motifs is 7. The molecular weight excluding hydrogens is 813 g/mol. The second-order valence-electron chi connectivity index (χ2n) is 19.5. The number of benzene rings is 9. The van der Waals surface area contributed by atoms with Crippen molar-refractivity contribution >= 4 is 77.8 Å². The molecule has 9 aromatic rings. The van der Waals surface area contributed by atoms with Crippen molar-refractivity contribution in [1.82, 2.24) is 4.90 Å². The van der Waals surface area contributed by atoms with E-state index in [1.54, 1.807) is 12.1 Å². The molecule has 0 N–H and O–H groups in total. The Bertz CT molecular complexity index is 3670. The lowest BCUT2D eigenvalue weighted by Crippen LogP contribution is -2.46. The Labute approximate surface area is 382 Å². The van der Waals surface area contributed by atoms with Crippen molar-refractivity contribution in [2.24, 2.45) is 0 Å². The van der Waals surface area contributed by atoms with Gasteiger partial charge in [0.25, 0.3) is 11.8 Å². The number of nitrogens with zero attached hydrogens (tertiary/aromatic N) is 2. The first kappa shape index (κ1) is 38.6. The molecule has 13 rings (SSSR count). The highest BCUT2D eigenvalue weighted by Gasteiger charge is 2.41. The maximum atomic E-state index is 13.6. The number of carboxylic acid groups (broad SMARTS) is 1. The third kappa shape index (κ3) is 5.10. The molecule has 0 aromatic heterocycles. The fourth-order valence-corrected chi connectivity index (χ4v) is 12.4. The molecule has 0 spiro atoms. The van der Waals surface area contributed by atoms with Gasteiger partial charge in [-0.25, -0.2) is 0 Å². The second kappa shape index (κ2) is 13.4. The molecule has 1 aliphatic heterocycles. The zero-order valence-corrected chi connectivity index (χ0v) is 37.0. The molecule has 0 saturated heterocycles. The van der Waals surface area contributed by atoms with Crippen molar-refractivity contribution in [1.29, 1.82) is 0 Å². The van der Waals surface area contributed by atoms with Gasteiger partial charge >= 0.3 is 0 Å². The van der Waals surface area contributed by atoms with E-state index in [1.807, 2.05) is 12.1 Å². The van der Waals surface area contributed by atoms with E-state index in [1.165, 1.54) is 50.2 Å². The summed E-state index contributed by atoms with van der Waals surface area (Å²) >= 11 is 0. The summed E-state index contributed by atoms with van der Waals surface area (Å²) in [4.78, 5) is 42.0. The number of anilines is 2. The minimum atomic E-state index is -1.48. The molecule has 1 unspecified atom stereocenters. The van der Waals surface area contributed by atoms with Crippen molar-refractivity contribution in [2.75, 3.05) is 11.4 Å². The normalized spacial score (nSPS) is 17.5. The molecule has 0 bridgehead atoms. The Balaban J connectivity index is 0.931. The van der Waals surface area contributed by atoms with E-state index in [0.717, 1.165) is 65.8 Å². The quantitative estimate of drug-likeness (QED) is 0.0945. The zero-order chi connectivity index (χ0) is 45.0. The first-order valence-electron chi connectivity index (χ1n) is 22.8. The largest absolute Gasteiger partial charge is 0.548 e. The molecule has 1 heterocycles. The number of carboxylic acids is 1. The minimum absolute atomic E-state index is 0.0806. The molecule has 1 atom stereocenters. The lowest BCUT2D eigenvalue weighted by Gasteiger charge is -2.37. The van der Waals surface area contributed by atoms with Gasteiger partial charge in [-0.1, -0.05) is 149 Å². The molecule has 6 nitrogen and oxygen atoms in total. The molecule has 0 fully saturated rings. The van der Waals surface area contributed by atoms with Crippen molar-refractivity contribution in [3.8, 4) is 22.3 Å². The predicted octanol–water partition coefficient (Wildman–Crippen LogP) is 12.3. The van der Waals surface area contributed by atoms with Crippen LogP contribution in [0, 0.1) is 0 Å². The van der Waals surface area contributed by atoms with Crippen LogP contribution in [0.2, 0.25) is 0 Å². The Morgan fingerprint density at radius 3 is 1.82 bits per heavy atom. The summed E-state index contributed by atoms with van der Waals surface area (Å²) in [6.07, 6.45) is 5.68. The van der Waals surface area contributed by atoms with Gasteiger partial charge in [0, 0.05) is 38.7 Å². The van der Waals surface area contributed by atoms with Crippen LogP contribution in [0.15, 0.2) is 163 Å². The number of imide groups is 1. The maximum absolute atomic E-state index is 13.6. The Morgan fingerprint density at radius 1 is 0.561 bits per heavy atom. The second-order valence-corrected chi connectivity index (χ2v) is 19.5. The lowest BCUT2D eigenvalue weighted by atomic mass is 9.77. The average Bonchev–Trinajstić information content (AvgIpc) is 3.70. The Kier molecular flexibility index (Phi) is 7.82. The van der Waals surface area contributed by atoms with Crippen molar-refractivity contribution < 1.29 is 19.5 Å². The van der Waals surface area contributed by atoms with E-state index in [-0.39, 0.29) is 16.9 Å². The van der Waals surface area contributed by atoms with Crippen LogP contribution in [0.5, 0.6) is 0 Å². The molecule has 318 valence electrons. The van der Waals surface area contributed by atoms with Crippen LogP contribution >= 0.6 is 0 Å². The zero-order valence-electron chi connectivity index (χ0n) is 37.0. The molecule has 66 heavy (non-hydrogen) atoms. The first-order valence-corrected chi connectivity index (χ1v) is 22.8. The van der Waals surface area contributed by atoms with Crippen molar-refractivity contribution in [3.05, 3.63) is 197 Å².